The number of aromatic nitrogens is 2. The number of rotatable bonds is 8. The van der Waals surface area contributed by atoms with Crippen molar-refractivity contribution in [1.82, 2.24) is 19.6 Å². The van der Waals surface area contributed by atoms with Gasteiger partial charge in [0.15, 0.2) is 11.7 Å². The number of alkyl halides is 1. The monoisotopic (exact) mass is 525 g/mol. The van der Waals surface area contributed by atoms with Crippen LogP contribution in [0.15, 0.2) is 77.7 Å². The number of imidazole rings is 1. The van der Waals surface area contributed by atoms with Crippen molar-refractivity contribution in [3.63, 3.8) is 0 Å². The Morgan fingerprint density at radius 3 is 2.66 bits per heavy atom. The summed E-state index contributed by atoms with van der Waals surface area (Å²) < 4.78 is 47.9. The number of nitrogens with zero attached hydrogens (tertiary/aromatic N) is 5. The summed E-state index contributed by atoms with van der Waals surface area (Å²) in [6.45, 7) is 6.67. The molecule has 0 bridgehead atoms. The summed E-state index contributed by atoms with van der Waals surface area (Å²) in [7, 11) is 1.59. The van der Waals surface area contributed by atoms with E-state index in [2.05, 4.69) is 16.6 Å². The van der Waals surface area contributed by atoms with E-state index in [1.54, 1.807) is 31.4 Å². The summed E-state index contributed by atoms with van der Waals surface area (Å²) in [5, 5.41) is 3.66. The molecule has 0 spiro atoms. The Labute approximate surface area is 219 Å². The summed E-state index contributed by atoms with van der Waals surface area (Å²) in [5.74, 6) is -2.40. The third kappa shape index (κ3) is 5.08. The average Bonchev–Trinajstić information content (AvgIpc) is 3.37. The third-order valence-electron chi connectivity index (χ3n) is 6.75. The fourth-order valence-corrected chi connectivity index (χ4v) is 4.66. The minimum absolute atomic E-state index is 0.0948. The van der Waals surface area contributed by atoms with Crippen molar-refractivity contribution in [2.75, 3.05) is 26.9 Å². The predicted octanol–water partition coefficient (Wildman–Crippen LogP) is 5.45. The smallest absolute Gasteiger partial charge is 0.274 e. The maximum absolute atomic E-state index is 14.2. The molecule has 1 aromatic heterocycles. The molecule has 7 nitrogen and oxygen atoms in total. The highest BCUT2D eigenvalue weighted by Crippen LogP contribution is 2.36. The van der Waals surface area contributed by atoms with Crippen LogP contribution >= 0.6 is 0 Å². The summed E-state index contributed by atoms with van der Waals surface area (Å²) in [6, 6.07) is 5.70. The van der Waals surface area contributed by atoms with E-state index >= 15 is 0 Å². The number of amides is 1. The van der Waals surface area contributed by atoms with Crippen molar-refractivity contribution >= 4 is 17.8 Å². The van der Waals surface area contributed by atoms with Gasteiger partial charge < -0.3 is 9.30 Å². The van der Waals surface area contributed by atoms with Crippen LogP contribution in [0.1, 0.15) is 31.0 Å². The topological polar surface area (TPSA) is 63.0 Å². The second-order valence-corrected chi connectivity index (χ2v) is 9.18. The Kier molecular flexibility index (Phi) is 8.01. The number of halogens is 3. The van der Waals surface area contributed by atoms with Crippen molar-refractivity contribution < 1.29 is 22.7 Å². The maximum Gasteiger partial charge on any atom is 0.274 e. The molecule has 1 amide bonds. The first-order chi connectivity index (χ1) is 18.2. The van der Waals surface area contributed by atoms with Gasteiger partial charge in [-0.25, -0.2) is 18.2 Å². The standard InChI is InChI=1S/C28H30F3N5O2/c1-5-21(15-22(30)23(31)16-29)28(3)27(37)33-26(35-12-6-7-13-36(28)35)11-9-20-8-10-24(25(14-20)38-4)34-17-19(2)32-18-34/h5,8-11,14-15,17-18H,1,6-7,12-13,16H2,2-4H3/b11-9+,21-15+,23-22-. The first-order valence-corrected chi connectivity index (χ1v) is 12.2. The number of amidine groups is 1. The molecule has 0 N–H and O–H groups in total. The molecule has 2 aliphatic heterocycles. The predicted molar refractivity (Wildman–Crippen MR) is 141 cm³/mol. The van der Waals surface area contributed by atoms with Gasteiger partial charge in [-0.05, 0) is 62.1 Å². The number of fused-ring (bicyclic) bond motifs is 1. The average molecular weight is 526 g/mol. The Bertz CT molecular complexity index is 1360. The molecule has 1 saturated heterocycles. The fourth-order valence-electron chi connectivity index (χ4n) is 4.66. The van der Waals surface area contributed by atoms with E-state index in [1.807, 2.05) is 47.0 Å². The number of methoxy groups -OCH3 is 1. The van der Waals surface area contributed by atoms with Crippen molar-refractivity contribution in [1.29, 1.82) is 0 Å². The van der Waals surface area contributed by atoms with Gasteiger partial charge in [-0.15, -0.1) is 0 Å². The van der Waals surface area contributed by atoms with Crippen LogP contribution in [0.2, 0.25) is 0 Å². The lowest BCUT2D eigenvalue weighted by molar-refractivity contribution is -0.141. The molecule has 1 unspecified atom stereocenters. The zero-order valence-electron chi connectivity index (χ0n) is 21.6. The van der Waals surface area contributed by atoms with Gasteiger partial charge in [-0.3, -0.25) is 9.80 Å². The minimum Gasteiger partial charge on any atom is -0.495 e. The fraction of sp³-hybridized carbons (Fsp3) is 0.321. The SMILES string of the molecule is C=C/C(=C\C(F)=C(\F)CF)C1(C)C(=O)N=C(/C=C/c2ccc(-n3cnc(C)c3)c(OC)c2)N2CCCCN21. The van der Waals surface area contributed by atoms with Crippen LogP contribution in [0.25, 0.3) is 11.8 Å². The van der Waals surface area contributed by atoms with E-state index in [1.165, 1.54) is 6.08 Å². The Morgan fingerprint density at radius 1 is 1.24 bits per heavy atom. The van der Waals surface area contributed by atoms with Crippen molar-refractivity contribution in [3.05, 3.63) is 84.0 Å². The number of ether oxygens (including phenoxy) is 1. The molecule has 38 heavy (non-hydrogen) atoms. The summed E-state index contributed by atoms with van der Waals surface area (Å²) in [6.07, 6.45) is 10.9. The van der Waals surface area contributed by atoms with E-state index in [4.69, 9.17) is 4.74 Å². The van der Waals surface area contributed by atoms with Crippen LogP contribution in [-0.4, -0.2) is 63.7 Å². The zero-order chi connectivity index (χ0) is 27.4. The van der Waals surface area contributed by atoms with Crippen LogP contribution in [0, 0.1) is 6.92 Å². The lowest BCUT2D eigenvalue weighted by atomic mass is 9.87. The second-order valence-electron chi connectivity index (χ2n) is 9.18. The Balaban J connectivity index is 1.69. The lowest BCUT2D eigenvalue weighted by Gasteiger charge is -2.51. The maximum atomic E-state index is 14.2. The van der Waals surface area contributed by atoms with Crippen LogP contribution in [0.4, 0.5) is 13.2 Å². The number of aryl methyl sites for hydroxylation is 1. The highest BCUT2D eigenvalue weighted by Gasteiger charge is 2.49. The summed E-state index contributed by atoms with van der Waals surface area (Å²) >= 11 is 0. The van der Waals surface area contributed by atoms with E-state index < -0.39 is 29.8 Å². The van der Waals surface area contributed by atoms with Crippen molar-refractivity contribution in [2.45, 2.75) is 32.2 Å². The van der Waals surface area contributed by atoms with E-state index in [0.29, 0.717) is 24.7 Å². The number of allylic oxidation sites excluding steroid dienone is 3. The first kappa shape index (κ1) is 27.1. The molecule has 200 valence electrons. The van der Waals surface area contributed by atoms with E-state index in [9.17, 15) is 18.0 Å². The van der Waals surface area contributed by atoms with Gasteiger partial charge in [-0.2, -0.15) is 10.0 Å². The van der Waals surface area contributed by atoms with E-state index in [0.717, 1.165) is 35.9 Å². The molecule has 1 atom stereocenters. The van der Waals surface area contributed by atoms with Gasteiger partial charge >= 0.3 is 0 Å². The lowest BCUT2D eigenvalue weighted by Crippen LogP contribution is -2.66. The van der Waals surface area contributed by atoms with Gasteiger partial charge in [0.05, 0.1) is 24.8 Å². The molecular formula is C28H30F3N5O2. The molecule has 3 heterocycles. The molecule has 0 saturated carbocycles. The third-order valence-corrected chi connectivity index (χ3v) is 6.75. The minimum atomic E-state index is -1.58. The number of carbonyl (C=O) groups is 1. The highest BCUT2D eigenvalue weighted by atomic mass is 19.2. The largest absolute Gasteiger partial charge is 0.495 e. The number of hydrogen-bond acceptors (Lipinski definition) is 5. The number of hydrogen-bond donors (Lipinski definition) is 0. The summed E-state index contributed by atoms with van der Waals surface area (Å²) in [4.78, 5) is 22.0. The van der Waals surface area contributed by atoms with Crippen LogP contribution < -0.4 is 4.74 Å². The quantitative estimate of drug-likeness (QED) is 0.429. The molecule has 1 fully saturated rings. The number of benzene rings is 1. The van der Waals surface area contributed by atoms with Crippen LogP contribution in [0.3, 0.4) is 0 Å². The first-order valence-electron chi connectivity index (χ1n) is 12.2. The van der Waals surface area contributed by atoms with E-state index in [-0.39, 0.29) is 5.57 Å². The molecular weight excluding hydrogens is 495 g/mol. The van der Waals surface area contributed by atoms with Gasteiger partial charge in [0, 0.05) is 19.3 Å². The molecule has 0 radical (unpaired) electrons. The molecule has 0 aliphatic carbocycles. The van der Waals surface area contributed by atoms with Crippen LogP contribution in [0.5, 0.6) is 5.75 Å². The Hall–Kier alpha value is -3.92. The molecule has 4 rings (SSSR count). The normalized spacial score (nSPS) is 21.3. The number of hydrazine groups is 1. The van der Waals surface area contributed by atoms with Gasteiger partial charge in [0.2, 0.25) is 0 Å². The van der Waals surface area contributed by atoms with Crippen molar-refractivity contribution in [3.8, 4) is 11.4 Å². The van der Waals surface area contributed by atoms with Gasteiger partial charge in [0.1, 0.15) is 23.8 Å². The molecule has 1 aromatic carbocycles. The van der Waals surface area contributed by atoms with Gasteiger partial charge in [-0.1, -0.05) is 24.8 Å². The Morgan fingerprint density at radius 2 is 2.00 bits per heavy atom. The van der Waals surface area contributed by atoms with Crippen molar-refractivity contribution in [2.24, 2.45) is 4.99 Å². The molecule has 2 aliphatic rings. The summed E-state index contributed by atoms with van der Waals surface area (Å²) in [5.41, 5.74) is 1.21. The second kappa shape index (κ2) is 11.2. The van der Waals surface area contributed by atoms with Crippen LogP contribution in [-0.2, 0) is 4.79 Å². The number of aliphatic imine (C=N–C) groups is 1. The number of carbonyl (C=O) groups excluding carboxylic acids is 1. The molecule has 2 aromatic rings. The molecule has 10 heteroatoms. The highest BCUT2D eigenvalue weighted by molar-refractivity contribution is 6.08. The zero-order valence-corrected chi connectivity index (χ0v) is 21.6. The van der Waals surface area contributed by atoms with Gasteiger partial charge in [0.25, 0.3) is 5.91 Å².